The van der Waals surface area contributed by atoms with Gasteiger partial charge in [-0.1, -0.05) is 44.5 Å². The molecule has 2 aromatic carbocycles. The van der Waals surface area contributed by atoms with Gasteiger partial charge >= 0.3 is 5.97 Å². The molecule has 2 rings (SSSR count). The van der Waals surface area contributed by atoms with E-state index in [9.17, 15) is 4.79 Å². The molecule has 0 bridgehead atoms. The summed E-state index contributed by atoms with van der Waals surface area (Å²) in [5, 5.41) is 0.629. The third-order valence-electron chi connectivity index (χ3n) is 4.67. The van der Waals surface area contributed by atoms with Crippen molar-refractivity contribution < 1.29 is 14.3 Å². The number of ether oxygens (including phenoxy) is 2. The highest BCUT2D eigenvalue weighted by Crippen LogP contribution is 2.28. The van der Waals surface area contributed by atoms with E-state index >= 15 is 0 Å². The Hall–Kier alpha value is -2.00. The molecule has 4 heteroatoms. The van der Waals surface area contributed by atoms with Gasteiger partial charge in [0.15, 0.2) is 0 Å². The lowest BCUT2D eigenvalue weighted by Gasteiger charge is -2.23. The number of esters is 1. The first-order valence-corrected chi connectivity index (χ1v) is 9.40. The first kappa shape index (κ1) is 20.3. The normalized spacial score (nSPS) is 11.3. The van der Waals surface area contributed by atoms with Crippen molar-refractivity contribution in [3.8, 4) is 11.5 Å². The monoisotopic (exact) mass is 374 g/mol. The van der Waals surface area contributed by atoms with Gasteiger partial charge in [0.25, 0.3) is 0 Å². The van der Waals surface area contributed by atoms with Crippen molar-refractivity contribution in [1.82, 2.24) is 0 Å². The summed E-state index contributed by atoms with van der Waals surface area (Å²) in [4.78, 5) is 11.9. The number of rotatable bonds is 8. The maximum absolute atomic E-state index is 11.9. The van der Waals surface area contributed by atoms with Gasteiger partial charge in [0.1, 0.15) is 11.5 Å². The summed E-state index contributed by atoms with van der Waals surface area (Å²) in [7, 11) is 0. The van der Waals surface area contributed by atoms with E-state index in [1.54, 1.807) is 18.2 Å². The highest BCUT2D eigenvalue weighted by molar-refractivity contribution is 6.30. The molecule has 26 heavy (non-hydrogen) atoms. The van der Waals surface area contributed by atoms with Crippen molar-refractivity contribution in [2.75, 3.05) is 6.61 Å². The lowest BCUT2D eigenvalue weighted by atomic mass is 9.82. The van der Waals surface area contributed by atoms with E-state index in [2.05, 4.69) is 32.9 Å². The minimum absolute atomic E-state index is 0.169. The van der Waals surface area contributed by atoms with E-state index in [-0.39, 0.29) is 11.4 Å². The zero-order valence-electron chi connectivity index (χ0n) is 16.0. The van der Waals surface area contributed by atoms with Crippen LogP contribution in [-0.2, 0) is 10.2 Å². The number of carbonyl (C=O) groups is 1. The Kier molecular flexibility index (Phi) is 7.10. The van der Waals surface area contributed by atoms with Crippen molar-refractivity contribution in [3.63, 3.8) is 0 Å². The van der Waals surface area contributed by atoms with Crippen molar-refractivity contribution in [2.24, 2.45) is 0 Å². The molecule has 0 aliphatic heterocycles. The topological polar surface area (TPSA) is 35.5 Å². The zero-order valence-corrected chi connectivity index (χ0v) is 16.7. The van der Waals surface area contributed by atoms with E-state index in [0.29, 0.717) is 30.2 Å². The summed E-state index contributed by atoms with van der Waals surface area (Å²) in [6, 6.07) is 13.4. The number of hydrogen-bond acceptors (Lipinski definition) is 3. The van der Waals surface area contributed by atoms with Gasteiger partial charge in [-0.25, -0.2) is 0 Å². The third kappa shape index (κ3) is 5.77. The van der Waals surface area contributed by atoms with Gasteiger partial charge in [0, 0.05) is 11.4 Å². The average Bonchev–Trinajstić information content (AvgIpc) is 2.61. The molecule has 0 spiro atoms. The van der Waals surface area contributed by atoms with E-state index in [4.69, 9.17) is 21.1 Å². The Bertz CT molecular complexity index is 736. The molecule has 3 nitrogen and oxygen atoms in total. The lowest BCUT2D eigenvalue weighted by molar-refractivity contribution is -0.134. The molecule has 0 aromatic heterocycles. The second-order valence-electron chi connectivity index (χ2n) is 7.10. The Morgan fingerprint density at radius 2 is 1.81 bits per heavy atom. The minimum Gasteiger partial charge on any atom is -0.494 e. The summed E-state index contributed by atoms with van der Waals surface area (Å²) in [6.45, 7) is 9.00. The quantitative estimate of drug-likeness (QED) is 0.318. The van der Waals surface area contributed by atoms with Crippen LogP contribution in [0.4, 0.5) is 0 Å². The van der Waals surface area contributed by atoms with Crippen LogP contribution >= 0.6 is 11.6 Å². The first-order chi connectivity index (χ1) is 12.3. The standard InChI is InChI=1S/C22H27ClO3/c1-5-22(3,4)17-8-11-19(12-9-17)25-14-6-7-21(24)26-20-13-10-18(23)15-16(20)2/h8-13,15H,5-7,14H2,1-4H3. The molecule has 0 N–H and O–H groups in total. The number of benzene rings is 2. The highest BCUT2D eigenvalue weighted by Gasteiger charge is 2.17. The van der Waals surface area contributed by atoms with Gasteiger partial charge in [-0.15, -0.1) is 0 Å². The molecule has 2 aromatic rings. The molecule has 0 saturated carbocycles. The van der Waals surface area contributed by atoms with Crippen molar-refractivity contribution in [3.05, 3.63) is 58.6 Å². The highest BCUT2D eigenvalue weighted by atomic mass is 35.5. The molecule has 0 saturated heterocycles. The van der Waals surface area contributed by atoms with Gasteiger partial charge in [0.05, 0.1) is 6.61 Å². The van der Waals surface area contributed by atoms with Crippen LogP contribution in [0.3, 0.4) is 0 Å². The summed E-state index contributed by atoms with van der Waals surface area (Å²) < 4.78 is 11.1. The van der Waals surface area contributed by atoms with Crippen molar-refractivity contribution in [1.29, 1.82) is 0 Å². The van der Waals surface area contributed by atoms with Crippen LogP contribution in [0.15, 0.2) is 42.5 Å². The number of carbonyl (C=O) groups excluding carboxylic acids is 1. The fraction of sp³-hybridized carbons (Fsp3) is 0.409. The Morgan fingerprint density at radius 1 is 1.12 bits per heavy atom. The van der Waals surface area contributed by atoms with Gasteiger partial charge in [-0.05, 0) is 66.6 Å². The largest absolute Gasteiger partial charge is 0.494 e. The minimum atomic E-state index is -0.265. The summed E-state index contributed by atoms with van der Waals surface area (Å²) in [5.74, 6) is 1.11. The van der Waals surface area contributed by atoms with Gasteiger partial charge in [-0.3, -0.25) is 4.79 Å². The Balaban J connectivity index is 1.75. The average molecular weight is 375 g/mol. The first-order valence-electron chi connectivity index (χ1n) is 9.02. The molecule has 0 heterocycles. The summed E-state index contributed by atoms with van der Waals surface area (Å²) >= 11 is 5.90. The Labute approximate surface area is 161 Å². The number of hydrogen-bond donors (Lipinski definition) is 0. The van der Waals surface area contributed by atoms with Crippen LogP contribution in [0.5, 0.6) is 11.5 Å². The smallest absolute Gasteiger partial charge is 0.311 e. The van der Waals surface area contributed by atoms with Gasteiger partial charge < -0.3 is 9.47 Å². The molecular weight excluding hydrogens is 348 g/mol. The molecule has 0 fully saturated rings. The molecule has 0 atom stereocenters. The van der Waals surface area contributed by atoms with Crippen LogP contribution in [0, 0.1) is 6.92 Å². The lowest BCUT2D eigenvalue weighted by Crippen LogP contribution is -2.15. The maximum Gasteiger partial charge on any atom is 0.311 e. The van der Waals surface area contributed by atoms with E-state index < -0.39 is 0 Å². The summed E-state index contributed by atoms with van der Waals surface area (Å²) in [6.07, 6.45) is 2.00. The number of aryl methyl sites for hydroxylation is 1. The van der Waals surface area contributed by atoms with Crippen LogP contribution in [0.25, 0.3) is 0 Å². The molecule has 0 aliphatic rings. The summed E-state index contributed by atoms with van der Waals surface area (Å²) in [5.41, 5.74) is 2.31. The van der Waals surface area contributed by atoms with E-state index in [0.717, 1.165) is 17.7 Å². The van der Waals surface area contributed by atoms with Crippen LogP contribution < -0.4 is 9.47 Å². The van der Waals surface area contributed by atoms with Crippen molar-refractivity contribution in [2.45, 2.75) is 52.4 Å². The number of halogens is 1. The van der Waals surface area contributed by atoms with Crippen LogP contribution in [-0.4, -0.2) is 12.6 Å². The maximum atomic E-state index is 11.9. The van der Waals surface area contributed by atoms with Crippen molar-refractivity contribution >= 4 is 17.6 Å². The fourth-order valence-corrected chi connectivity index (χ4v) is 2.74. The van der Waals surface area contributed by atoms with Crippen LogP contribution in [0.2, 0.25) is 5.02 Å². The van der Waals surface area contributed by atoms with Crippen LogP contribution in [0.1, 0.15) is 51.2 Å². The zero-order chi connectivity index (χ0) is 19.2. The SMILES string of the molecule is CCC(C)(C)c1ccc(OCCCC(=O)Oc2ccc(Cl)cc2C)cc1. The fourth-order valence-electron chi connectivity index (χ4n) is 2.51. The molecule has 0 aliphatic carbocycles. The molecule has 0 amide bonds. The van der Waals surface area contributed by atoms with E-state index in [1.165, 1.54) is 5.56 Å². The molecule has 140 valence electrons. The molecular formula is C22H27ClO3. The molecule has 0 radical (unpaired) electrons. The second-order valence-corrected chi connectivity index (χ2v) is 7.53. The van der Waals surface area contributed by atoms with Gasteiger partial charge in [-0.2, -0.15) is 0 Å². The molecule has 0 unspecified atom stereocenters. The Morgan fingerprint density at radius 3 is 2.42 bits per heavy atom. The predicted molar refractivity (Wildman–Crippen MR) is 106 cm³/mol. The second kappa shape index (κ2) is 9.09. The van der Waals surface area contributed by atoms with Gasteiger partial charge in [0.2, 0.25) is 0 Å². The van der Waals surface area contributed by atoms with E-state index in [1.807, 2.05) is 19.1 Å². The third-order valence-corrected chi connectivity index (χ3v) is 4.91. The predicted octanol–water partition coefficient (Wildman–Crippen LogP) is 6.10.